The van der Waals surface area contributed by atoms with Crippen LogP contribution in [0.15, 0.2) is 48.5 Å². The third kappa shape index (κ3) is 2.87. The maximum Gasteiger partial charge on any atom is 0.347 e. The number of hydrogen-bond donors (Lipinski definition) is 1. The van der Waals surface area contributed by atoms with Crippen LogP contribution in [0.3, 0.4) is 0 Å². The number of benzene rings is 2. The molecule has 3 heterocycles. The number of rotatable bonds is 4. The van der Waals surface area contributed by atoms with Crippen LogP contribution in [-0.4, -0.2) is 60.0 Å². The van der Waals surface area contributed by atoms with Crippen molar-refractivity contribution in [2.45, 2.75) is 48.8 Å². The van der Waals surface area contributed by atoms with E-state index in [4.69, 9.17) is 9.47 Å². The monoisotopic (exact) mass is 416 g/mol. The Kier molecular flexibility index (Phi) is 4.29. The number of halogens is 2. The van der Waals surface area contributed by atoms with Gasteiger partial charge in [0.2, 0.25) is 5.60 Å². The van der Waals surface area contributed by atoms with Gasteiger partial charge in [-0.1, -0.05) is 24.3 Å². The van der Waals surface area contributed by atoms with Gasteiger partial charge in [0.25, 0.3) is 0 Å². The molecule has 3 aliphatic rings. The van der Waals surface area contributed by atoms with E-state index >= 15 is 0 Å². The van der Waals surface area contributed by atoms with Crippen LogP contribution in [0.2, 0.25) is 0 Å². The molecule has 0 aromatic heterocycles. The number of carbonyl (C=O) groups excluding carboxylic acids is 1. The maximum atomic E-state index is 13.9. The molecule has 5 nitrogen and oxygen atoms in total. The average molecular weight is 416 g/mol. The van der Waals surface area contributed by atoms with Crippen molar-refractivity contribution in [3.05, 3.63) is 71.3 Å². The zero-order valence-corrected chi connectivity index (χ0v) is 16.8. The zero-order valence-electron chi connectivity index (χ0n) is 16.8. The molecule has 2 aromatic carbocycles. The lowest BCUT2D eigenvalue weighted by Crippen LogP contribution is -2.60. The number of fused-ring (bicyclic) bond motifs is 5. The number of aliphatic hydroxyl groups is 1. The molecule has 4 atom stereocenters. The normalized spacial score (nSPS) is 31.2. The fraction of sp³-hybridized carbons (Fsp3) is 0.435. The second-order valence-corrected chi connectivity index (χ2v) is 9.06. The van der Waals surface area contributed by atoms with Gasteiger partial charge in [0, 0.05) is 24.0 Å². The molecule has 1 N–H and O–H groups in total. The van der Waals surface area contributed by atoms with Crippen LogP contribution in [0.5, 0.6) is 0 Å². The smallest absolute Gasteiger partial charge is 0.347 e. The Bertz CT molecular complexity index is 945. The summed E-state index contributed by atoms with van der Waals surface area (Å²) >= 11 is 0. The zero-order chi connectivity index (χ0) is 21.3. The SMILES string of the molecule is C[N+]1(C)C2CC(OC(=O)C(O)(c3cccc(F)c3)c3cccc(F)c3)CC1C1OC12. The summed E-state index contributed by atoms with van der Waals surface area (Å²) in [6.45, 7) is 0. The van der Waals surface area contributed by atoms with E-state index in [1.807, 2.05) is 0 Å². The Morgan fingerprint density at radius 3 is 2.00 bits per heavy atom. The molecular formula is C23H24F2NO4+. The number of epoxide rings is 1. The van der Waals surface area contributed by atoms with Crippen LogP contribution < -0.4 is 0 Å². The van der Waals surface area contributed by atoms with Gasteiger partial charge >= 0.3 is 5.97 Å². The summed E-state index contributed by atoms with van der Waals surface area (Å²) in [5.41, 5.74) is -2.32. The van der Waals surface area contributed by atoms with Crippen molar-refractivity contribution in [2.24, 2.45) is 0 Å². The summed E-state index contributed by atoms with van der Waals surface area (Å²) in [4.78, 5) is 13.3. The van der Waals surface area contributed by atoms with E-state index in [0.29, 0.717) is 12.8 Å². The topological polar surface area (TPSA) is 59.1 Å². The van der Waals surface area contributed by atoms with Gasteiger partial charge in [0.1, 0.15) is 42.0 Å². The van der Waals surface area contributed by atoms with E-state index in [0.717, 1.165) is 16.6 Å². The average Bonchev–Trinajstić information content (AvgIpc) is 3.45. The summed E-state index contributed by atoms with van der Waals surface area (Å²) in [6, 6.07) is 10.7. The number of ether oxygens (including phenoxy) is 2. The Hall–Kier alpha value is -2.35. The molecule has 30 heavy (non-hydrogen) atoms. The predicted molar refractivity (Wildman–Crippen MR) is 103 cm³/mol. The fourth-order valence-electron chi connectivity index (χ4n) is 5.37. The minimum Gasteiger partial charge on any atom is -0.459 e. The Balaban J connectivity index is 1.46. The largest absolute Gasteiger partial charge is 0.459 e. The van der Waals surface area contributed by atoms with Crippen molar-refractivity contribution < 1.29 is 32.6 Å². The molecule has 3 fully saturated rings. The molecule has 158 valence electrons. The van der Waals surface area contributed by atoms with E-state index in [1.54, 1.807) is 0 Å². The number of likely N-dealkylation sites (N-methyl/N-ethyl adjacent to an activating group) is 1. The first kappa shape index (κ1) is 19.6. The molecule has 3 aliphatic heterocycles. The second-order valence-electron chi connectivity index (χ2n) is 9.06. The highest BCUT2D eigenvalue weighted by Crippen LogP contribution is 2.52. The summed E-state index contributed by atoms with van der Waals surface area (Å²) in [6.07, 6.45) is 1.25. The Morgan fingerprint density at radius 1 is 1.03 bits per heavy atom. The lowest BCUT2D eigenvalue weighted by atomic mass is 9.86. The van der Waals surface area contributed by atoms with E-state index in [9.17, 15) is 18.7 Å². The summed E-state index contributed by atoms with van der Waals surface area (Å²) in [7, 11) is 4.33. The van der Waals surface area contributed by atoms with Gasteiger partial charge in [-0.25, -0.2) is 13.6 Å². The first-order chi connectivity index (χ1) is 14.2. The molecule has 0 radical (unpaired) electrons. The van der Waals surface area contributed by atoms with Crippen LogP contribution in [0.25, 0.3) is 0 Å². The lowest BCUT2D eigenvalue weighted by molar-refractivity contribution is -0.938. The molecule has 7 heteroatoms. The number of morpholine rings is 1. The number of piperidine rings is 1. The van der Waals surface area contributed by atoms with Crippen LogP contribution in [-0.2, 0) is 19.9 Å². The third-order valence-corrected chi connectivity index (χ3v) is 7.09. The van der Waals surface area contributed by atoms with Gasteiger partial charge in [-0.05, 0) is 24.3 Å². The van der Waals surface area contributed by atoms with Crippen molar-refractivity contribution in [1.29, 1.82) is 0 Å². The van der Waals surface area contributed by atoms with Crippen LogP contribution in [0.4, 0.5) is 8.78 Å². The molecule has 2 bridgehead atoms. The third-order valence-electron chi connectivity index (χ3n) is 7.09. The molecule has 2 aromatic rings. The number of quaternary nitrogens is 1. The molecule has 0 spiro atoms. The maximum absolute atomic E-state index is 13.9. The van der Waals surface area contributed by atoms with Gasteiger partial charge in [-0.3, -0.25) is 0 Å². The lowest BCUT2D eigenvalue weighted by Gasteiger charge is -2.45. The highest BCUT2D eigenvalue weighted by atomic mass is 19.1. The van der Waals surface area contributed by atoms with Crippen LogP contribution >= 0.6 is 0 Å². The molecule has 0 aliphatic carbocycles. The number of carbonyl (C=O) groups is 1. The van der Waals surface area contributed by atoms with E-state index in [1.165, 1.54) is 36.4 Å². The van der Waals surface area contributed by atoms with Crippen molar-refractivity contribution >= 4 is 5.97 Å². The van der Waals surface area contributed by atoms with Crippen molar-refractivity contribution in [3.63, 3.8) is 0 Å². The van der Waals surface area contributed by atoms with E-state index < -0.39 is 23.2 Å². The highest BCUT2D eigenvalue weighted by molar-refractivity contribution is 5.85. The molecule has 4 unspecified atom stereocenters. The van der Waals surface area contributed by atoms with E-state index in [-0.39, 0.29) is 41.5 Å². The quantitative estimate of drug-likeness (QED) is 0.473. The van der Waals surface area contributed by atoms with Crippen molar-refractivity contribution in [3.8, 4) is 0 Å². The summed E-state index contributed by atoms with van der Waals surface area (Å²) in [5, 5.41) is 11.5. The van der Waals surface area contributed by atoms with Gasteiger partial charge in [0.05, 0.1) is 14.1 Å². The first-order valence-electron chi connectivity index (χ1n) is 10.2. The molecule has 3 saturated heterocycles. The summed E-state index contributed by atoms with van der Waals surface area (Å²) in [5.74, 6) is -2.14. The Labute approximate surface area is 173 Å². The van der Waals surface area contributed by atoms with Crippen molar-refractivity contribution in [2.75, 3.05) is 14.1 Å². The molecule has 0 amide bonds. The molecule has 0 saturated carbocycles. The fourth-order valence-corrected chi connectivity index (χ4v) is 5.37. The van der Waals surface area contributed by atoms with Gasteiger partial charge < -0.3 is 19.1 Å². The Morgan fingerprint density at radius 2 is 1.53 bits per heavy atom. The van der Waals surface area contributed by atoms with Gasteiger partial charge in [-0.15, -0.1) is 0 Å². The van der Waals surface area contributed by atoms with Crippen LogP contribution in [0.1, 0.15) is 24.0 Å². The number of hydrogen-bond acceptors (Lipinski definition) is 4. The predicted octanol–water partition coefficient (Wildman–Crippen LogP) is 2.50. The van der Waals surface area contributed by atoms with Crippen LogP contribution in [0, 0.1) is 11.6 Å². The minimum atomic E-state index is -2.31. The highest BCUT2D eigenvalue weighted by Gasteiger charge is 2.71. The van der Waals surface area contributed by atoms with Gasteiger partial charge in [0.15, 0.2) is 0 Å². The standard InChI is InChI=1S/C23H24F2NO4/c1-26(2)18-11-17(12-19(26)21-20(18)30-21)29-22(27)23(28,13-5-3-7-15(24)9-13)14-6-4-8-16(25)10-14/h3-10,17-21,28H,11-12H2,1-2H3/q+1. The van der Waals surface area contributed by atoms with E-state index in [2.05, 4.69) is 14.1 Å². The number of nitrogens with zero attached hydrogens (tertiary/aromatic N) is 1. The summed E-state index contributed by atoms with van der Waals surface area (Å²) < 4.78 is 40.2. The molecular weight excluding hydrogens is 392 g/mol. The first-order valence-corrected chi connectivity index (χ1v) is 10.2. The molecule has 5 rings (SSSR count). The second kappa shape index (κ2) is 6.57. The minimum absolute atomic E-state index is 0.000766. The number of esters is 1. The van der Waals surface area contributed by atoms with Crippen molar-refractivity contribution in [1.82, 2.24) is 0 Å². The van der Waals surface area contributed by atoms with Gasteiger partial charge in [-0.2, -0.15) is 0 Å².